The largest absolute Gasteiger partial charge is 0.0654 e. The van der Waals surface area contributed by atoms with Crippen LogP contribution in [0.3, 0.4) is 0 Å². The summed E-state index contributed by atoms with van der Waals surface area (Å²) in [7, 11) is 0. The van der Waals surface area contributed by atoms with Crippen molar-refractivity contribution in [1.29, 1.82) is 0 Å². The van der Waals surface area contributed by atoms with Gasteiger partial charge < -0.3 is 0 Å². The second kappa shape index (κ2) is 7.30. The third-order valence-electron chi connectivity index (χ3n) is 4.02. The smallest absolute Gasteiger partial charge is 0.0326 e. The van der Waals surface area contributed by atoms with Gasteiger partial charge in [-0.3, -0.25) is 0 Å². The van der Waals surface area contributed by atoms with Crippen molar-refractivity contribution in [2.75, 3.05) is 0 Å². The van der Waals surface area contributed by atoms with Crippen LogP contribution in [0.15, 0.2) is 0 Å². The molecule has 0 saturated heterocycles. The van der Waals surface area contributed by atoms with Crippen molar-refractivity contribution in [3.05, 3.63) is 6.92 Å². The van der Waals surface area contributed by atoms with Gasteiger partial charge in [0, 0.05) is 0 Å². The number of hydrogen-bond donors (Lipinski definition) is 0. The quantitative estimate of drug-likeness (QED) is 0.466. The van der Waals surface area contributed by atoms with E-state index in [1.165, 1.54) is 38.5 Å². The highest BCUT2D eigenvalue weighted by molar-refractivity contribution is 4.78. The van der Waals surface area contributed by atoms with Crippen molar-refractivity contribution in [1.82, 2.24) is 0 Å². The van der Waals surface area contributed by atoms with Crippen molar-refractivity contribution in [3.8, 4) is 0 Å². The normalized spacial score (nSPS) is 17.8. The standard InChI is InChI=1S/C15H31/c1-7-9-10-11-15(6,8-2)12-14(5)13(3)4/h13-14H,3,7-12H2,1-2,4-6H3. The van der Waals surface area contributed by atoms with Crippen molar-refractivity contribution < 1.29 is 0 Å². The SMILES string of the molecule is [CH2]C(C)C(C)CC(C)(CC)CCCCC. The fourth-order valence-electron chi connectivity index (χ4n) is 2.20. The minimum absolute atomic E-state index is 0.556. The summed E-state index contributed by atoms with van der Waals surface area (Å²) in [4.78, 5) is 0. The zero-order chi connectivity index (χ0) is 11.9. The monoisotopic (exact) mass is 211 g/mol. The van der Waals surface area contributed by atoms with E-state index in [1.54, 1.807) is 0 Å². The Bertz CT molecular complexity index is 148. The third kappa shape index (κ3) is 6.22. The Morgan fingerprint density at radius 1 is 1.13 bits per heavy atom. The maximum Gasteiger partial charge on any atom is -0.0326 e. The average Bonchev–Trinajstić information content (AvgIpc) is 2.18. The lowest BCUT2D eigenvalue weighted by Gasteiger charge is -2.33. The predicted molar refractivity (Wildman–Crippen MR) is 70.8 cm³/mol. The van der Waals surface area contributed by atoms with Gasteiger partial charge in [0.25, 0.3) is 0 Å². The molecule has 0 aliphatic rings. The van der Waals surface area contributed by atoms with Gasteiger partial charge in [0.15, 0.2) is 0 Å². The molecule has 0 aliphatic carbocycles. The molecule has 0 N–H and O–H groups in total. The molecule has 0 heterocycles. The first-order valence-electron chi connectivity index (χ1n) is 6.78. The van der Waals surface area contributed by atoms with E-state index in [2.05, 4.69) is 41.5 Å². The fraction of sp³-hybridized carbons (Fsp3) is 0.933. The predicted octanol–water partition coefficient (Wildman–Crippen LogP) is 5.48. The molecule has 15 heavy (non-hydrogen) atoms. The van der Waals surface area contributed by atoms with E-state index in [0.717, 1.165) is 5.92 Å². The van der Waals surface area contributed by atoms with E-state index in [4.69, 9.17) is 0 Å². The van der Waals surface area contributed by atoms with Crippen LogP contribution in [0, 0.1) is 24.2 Å². The van der Waals surface area contributed by atoms with Crippen molar-refractivity contribution >= 4 is 0 Å². The van der Waals surface area contributed by atoms with Gasteiger partial charge in [-0.15, -0.1) is 0 Å². The van der Waals surface area contributed by atoms with E-state index in [9.17, 15) is 0 Å². The molecule has 0 amide bonds. The molecule has 3 atom stereocenters. The van der Waals surface area contributed by atoms with Gasteiger partial charge in [0.05, 0.1) is 0 Å². The van der Waals surface area contributed by atoms with Gasteiger partial charge in [0.1, 0.15) is 0 Å². The van der Waals surface area contributed by atoms with Gasteiger partial charge in [-0.05, 0) is 30.1 Å². The summed E-state index contributed by atoms with van der Waals surface area (Å²) in [6.07, 6.45) is 8.18. The minimum Gasteiger partial charge on any atom is -0.0654 e. The second-order valence-corrected chi connectivity index (χ2v) is 5.78. The summed E-state index contributed by atoms with van der Waals surface area (Å²) in [5.41, 5.74) is 0.556. The molecule has 0 aliphatic heterocycles. The molecule has 0 aromatic carbocycles. The first kappa shape index (κ1) is 15.0. The first-order valence-corrected chi connectivity index (χ1v) is 6.78. The molecular weight excluding hydrogens is 180 g/mol. The lowest BCUT2D eigenvalue weighted by Crippen LogP contribution is -2.21. The summed E-state index contributed by atoms with van der Waals surface area (Å²) in [5.74, 6) is 1.35. The highest BCUT2D eigenvalue weighted by atomic mass is 14.3. The minimum atomic E-state index is 0.556. The Morgan fingerprint density at radius 3 is 2.13 bits per heavy atom. The van der Waals surface area contributed by atoms with Crippen LogP contribution in [-0.4, -0.2) is 0 Å². The molecule has 0 fully saturated rings. The Labute approximate surface area is 97.8 Å². The maximum atomic E-state index is 4.15. The zero-order valence-electron chi connectivity index (χ0n) is 11.6. The molecule has 0 bridgehead atoms. The van der Waals surface area contributed by atoms with Crippen LogP contribution in [0.5, 0.6) is 0 Å². The van der Waals surface area contributed by atoms with Crippen LogP contribution in [0.4, 0.5) is 0 Å². The summed E-state index contributed by atoms with van der Waals surface area (Å²) < 4.78 is 0. The lowest BCUT2D eigenvalue weighted by molar-refractivity contribution is 0.194. The van der Waals surface area contributed by atoms with E-state index in [1.807, 2.05) is 0 Å². The molecule has 91 valence electrons. The molecule has 0 nitrogen and oxygen atoms in total. The first-order chi connectivity index (χ1) is 6.95. The Balaban J connectivity index is 4.05. The lowest BCUT2D eigenvalue weighted by atomic mass is 9.73. The molecule has 0 aromatic rings. The van der Waals surface area contributed by atoms with Crippen LogP contribution >= 0.6 is 0 Å². The third-order valence-corrected chi connectivity index (χ3v) is 4.02. The van der Waals surface area contributed by atoms with Crippen LogP contribution in [0.1, 0.15) is 73.1 Å². The Morgan fingerprint density at radius 2 is 1.73 bits per heavy atom. The average molecular weight is 211 g/mol. The number of hydrogen-bond acceptors (Lipinski definition) is 0. The molecule has 0 aromatic heterocycles. The van der Waals surface area contributed by atoms with E-state index < -0.39 is 0 Å². The Hall–Kier alpha value is 0. The van der Waals surface area contributed by atoms with E-state index in [-0.39, 0.29) is 0 Å². The van der Waals surface area contributed by atoms with Gasteiger partial charge in [0.2, 0.25) is 0 Å². The molecular formula is C15H31. The summed E-state index contributed by atoms with van der Waals surface area (Å²) in [6.45, 7) is 15.8. The van der Waals surface area contributed by atoms with E-state index in [0.29, 0.717) is 11.3 Å². The zero-order valence-corrected chi connectivity index (χ0v) is 11.6. The summed E-state index contributed by atoms with van der Waals surface area (Å²) in [6, 6.07) is 0. The topological polar surface area (TPSA) is 0 Å². The summed E-state index contributed by atoms with van der Waals surface area (Å²) >= 11 is 0. The van der Waals surface area contributed by atoms with Gasteiger partial charge in [-0.25, -0.2) is 0 Å². The van der Waals surface area contributed by atoms with E-state index >= 15 is 0 Å². The van der Waals surface area contributed by atoms with Crippen LogP contribution in [0.25, 0.3) is 0 Å². The molecule has 1 radical (unpaired) electrons. The number of rotatable bonds is 8. The van der Waals surface area contributed by atoms with Crippen molar-refractivity contribution in [3.63, 3.8) is 0 Å². The highest BCUT2D eigenvalue weighted by Crippen LogP contribution is 2.37. The molecule has 3 unspecified atom stereocenters. The van der Waals surface area contributed by atoms with Crippen LogP contribution < -0.4 is 0 Å². The molecule has 0 spiro atoms. The molecule has 0 saturated carbocycles. The Kier molecular flexibility index (Phi) is 7.30. The maximum absolute atomic E-state index is 4.15. The molecule has 0 rings (SSSR count). The second-order valence-electron chi connectivity index (χ2n) is 5.78. The molecule has 0 heteroatoms. The van der Waals surface area contributed by atoms with Gasteiger partial charge in [-0.2, -0.15) is 0 Å². The van der Waals surface area contributed by atoms with Crippen molar-refractivity contribution in [2.45, 2.75) is 73.1 Å². The van der Waals surface area contributed by atoms with Gasteiger partial charge >= 0.3 is 0 Å². The summed E-state index contributed by atoms with van der Waals surface area (Å²) in [5, 5.41) is 0. The van der Waals surface area contributed by atoms with Crippen molar-refractivity contribution in [2.24, 2.45) is 17.3 Å². The van der Waals surface area contributed by atoms with Crippen LogP contribution in [0.2, 0.25) is 0 Å². The van der Waals surface area contributed by atoms with Crippen LogP contribution in [-0.2, 0) is 0 Å². The van der Waals surface area contributed by atoms with Gasteiger partial charge in [-0.1, -0.05) is 67.2 Å². The fourth-order valence-corrected chi connectivity index (χ4v) is 2.20. The number of unbranched alkanes of at least 4 members (excludes halogenated alkanes) is 2. The highest BCUT2D eigenvalue weighted by Gasteiger charge is 2.25.